The van der Waals surface area contributed by atoms with Crippen LogP contribution in [-0.2, 0) is 4.79 Å². The van der Waals surface area contributed by atoms with Gasteiger partial charge in [-0.05, 0) is 31.7 Å². The van der Waals surface area contributed by atoms with Crippen molar-refractivity contribution in [2.24, 2.45) is 5.92 Å². The molecule has 2 aliphatic rings. The lowest BCUT2D eigenvalue weighted by Crippen LogP contribution is -2.35. The highest BCUT2D eigenvalue weighted by Gasteiger charge is 2.24. The summed E-state index contributed by atoms with van der Waals surface area (Å²) in [4.78, 5) is 14.4. The van der Waals surface area contributed by atoms with E-state index in [0.717, 1.165) is 56.2 Å². The first kappa shape index (κ1) is 23.7. The van der Waals surface area contributed by atoms with E-state index in [2.05, 4.69) is 15.5 Å². The van der Waals surface area contributed by atoms with E-state index in [0.29, 0.717) is 18.4 Å². The number of benzene rings is 1. The number of anilines is 1. The molecule has 2 heterocycles. The van der Waals surface area contributed by atoms with Gasteiger partial charge < -0.3 is 25.0 Å². The molecule has 0 bridgehead atoms. The third-order valence-corrected chi connectivity index (χ3v) is 5.17. The molecule has 3 rings (SSSR count). The second kappa shape index (κ2) is 11.5. The van der Waals surface area contributed by atoms with Gasteiger partial charge in [0, 0.05) is 56.0 Å². The van der Waals surface area contributed by atoms with Crippen molar-refractivity contribution in [3.8, 4) is 11.5 Å². The fraction of sp³-hybridized carbons (Fsp3) is 0.632. The van der Waals surface area contributed by atoms with Gasteiger partial charge in [-0.15, -0.1) is 24.8 Å². The quantitative estimate of drug-likeness (QED) is 0.710. The molecule has 27 heavy (non-hydrogen) atoms. The first-order valence-electron chi connectivity index (χ1n) is 9.16. The van der Waals surface area contributed by atoms with Gasteiger partial charge in [0.15, 0.2) is 0 Å². The zero-order valence-electron chi connectivity index (χ0n) is 16.0. The molecule has 154 valence electrons. The largest absolute Gasteiger partial charge is 0.497 e. The molecule has 0 aromatic heterocycles. The molecule has 2 fully saturated rings. The Morgan fingerprint density at radius 3 is 2.48 bits per heavy atom. The summed E-state index contributed by atoms with van der Waals surface area (Å²) in [5, 5.41) is 6.49. The van der Waals surface area contributed by atoms with E-state index < -0.39 is 0 Å². The first-order valence-corrected chi connectivity index (χ1v) is 9.16. The number of halogens is 2. The molecule has 0 saturated carbocycles. The Labute approximate surface area is 174 Å². The van der Waals surface area contributed by atoms with Crippen molar-refractivity contribution in [1.82, 2.24) is 10.6 Å². The van der Waals surface area contributed by atoms with E-state index in [1.807, 2.05) is 18.2 Å². The fourth-order valence-electron chi connectivity index (χ4n) is 3.69. The standard InChI is InChI=1S/C19H29N3O3.2ClH/c1-24-17-9-16(10-18(11-17)25-2)22-7-5-14(13-22)12-21-19(23)8-15-4-3-6-20-15;;/h9-11,14-15,20H,3-8,12-13H2,1-2H3,(H,21,23);2*1H. The van der Waals surface area contributed by atoms with Crippen LogP contribution in [0.3, 0.4) is 0 Å². The van der Waals surface area contributed by atoms with Crippen LogP contribution < -0.4 is 25.0 Å². The molecule has 1 aromatic rings. The number of nitrogens with one attached hydrogen (secondary N) is 2. The van der Waals surface area contributed by atoms with Crippen LogP contribution in [0, 0.1) is 5.92 Å². The summed E-state index contributed by atoms with van der Waals surface area (Å²) in [6.45, 7) is 3.72. The summed E-state index contributed by atoms with van der Waals surface area (Å²) in [6, 6.07) is 6.32. The van der Waals surface area contributed by atoms with Gasteiger partial charge in [0.25, 0.3) is 0 Å². The maximum absolute atomic E-state index is 12.1. The van der Waals surface area contributed by atoms with Crippen LogP contribution in [0.1, 0.15) is 25.7 Å². The van der Waals surface area contributed by atoms with Gasteiger partial charge in [0.05, 0.1) is 14.2 Å². The first-order chi connectivity index (χ1) is 12.2. The third-order valence-electron chi connectivity index (χ3n) is 5.17. The molecular weight excluding hydrogens is 389 g/mol. The number of methoxy groups -OCH3 is 2. The van der Waals surface area contributed by atoms with Crippen molar-refractivity contribution < 1.29 is 14.3 Å². The van der Waals surface area contributed by atoms with Crippen molar-refractivity contribution in [3.05, 3.63) is 18.2 Å². The third kappa shape index (κ3) is 6.63. The Kier molecular flexibility index (Phi) is 10.1. The highest BCUT2D eigenvalue weighted by atomic mass is 35.5. The van der Waals surface area contributed by atoms with Gasteiger partial charge >= 0.3 is 0 Å². The predicted octanol–water partition coefficient (Wildman–Crippen LogP) is 2.63. The summed E-state index contributed by atoms with van der Waals surface area (Å²) >= 11 is 0. The molecule has 8 heteroatoms. The van der Waals surface area contributed by atoms with Crippen molar-refractivity contribution in [3.63, 3.8) is 0 Å². The number of amides is 1. The maximum atomic E-state index is 12.1. The van der Waals surface area contributed by atoms with Crippen molar-refractivity contribution >= 4 is 36.4 Å². The predicted molar refractivity (Wildman–Crippen MR) is 113 cm³/mol. The second-order valence-electron chi connectivity index (χ2n) is 6.97. The molecule has 2 unspecified atom stereocenters. The smallest absolute Gasteiger partial charge is 0.221 e. The minimum Gasteiger partial charge on any atom is -0.497 e. The summed E-state index contributed by atoms with van der Waals surface area (Å²) in [5.41, 5.74) is 1.11. The van der Waals surface area contributed by atoms with Crippen molar-refractivity contribution in [2.75, 3.05) is 45.3 Å². The fourth-order valence-corrected chi connectivity index (χ4v) is 3.69. The summed E-state index contributed by atoms with van der Waals surface area (Å²) in [7, 11) is 3.33. The van der Waals surface area contributed by atoms with Crippen LogP contribution in [-0.4, -0.2) is 52.3 Å². The van der Waals surface area contributed by atoms with Gasteiger partial charge in [0.1, 0.15) is 11.5 Å². The SMILES string of the molecule is COc1cc(OC)cc(N2CCC(CNC(=O)CC3CCCN3)C2)c1.Cl.Cl. The van der Waals surface area contributed by atoms with Crippen LogP contribution in [0.15, 0.2) is 18.2 Å². The average molecular weight is 420 g/mol. The lowest BCUT2D eigenvalue weighted by molar-refractivity contribution is -0.121. The topological polar surface area (TPSA) is 62.8 Å². The Morgan fingerprint density at radius 1 is 1.19 bits per heavy atom. The van der Waals surface area contributed by atoms with E-state index in [-0.39, 0.29) is 30.7 Å². The van der Waals surface area contributed by atoms with Crippen LogP contribution in [0.2, 0.25) is 0 Å². The Balaban J connectivity index is 0.00000182. The zero-order valence-corrected chi connectivity index (χ0v) is 17.7. The lowest BCUT2D eigenvalue weighted by atomic mass is 10.1. The molecule has 2 aliphatic heterocycles. The number of carbonyl (C=O) groups is 1. The minimum atomic E-state index is 0. The number of hydrogen-bond acceptors (Lipinski definition) is 5. The van der Waals surface area contributed by atoms with Crippen LogP contribution in [0.4, 0.5) is 5.69 Å². The molecule has 1 aromatic carbocycles. The molecule has 0 aliphatic carbocycles. The Hall–Kier alpha value is -1.37. The number of ether oxygens (including phenoxy) is 2. The lowest BCUT2D eigenvalue weighted by Gasteiger charge is -2.20. The highest BCUT2D eigenvalue weighted by molar-refractivity contribution is 5.85. The van der Waals surface area contributed by atoms with Gasteiger partial charge in [-0.25, -0.2) is 0 Å². The molecular formula is C19H31Cl2N3O3. The maximum Gasteiger partial charge on any atom is 0.221 e. The highest BCUT2D eigenvalue weighted by Crippen LogP contribution is 2.31. The van der Waals surface area contributed by atoms with Crippen molar-refractivity contribution in [1.29, 1.82) is 0 Å². The second-order valence-corrected chi connectivity index (χ2v) is 6.97. The van der Waals surface area contributed by atoms with Gasteiger partial charge in [0.2, 0.25) is 5.91 Å². The zero-order chi connectivity index (χ0) is 17.6. The molecule has 1 amide bonds. The van der Waals surface area contributed by atoms with E-state index in [9.17, 15) is 4.79 Å². The van der Waals surface area contributed by atoms with Crippen molar-refractivity contribution in [2.45, 2.75) is 31.7 Å². The minimum absolute atomic E-state index is 0. The number of hydrogen-bond donors (Lipinski definition) is 2. The number of rotatable bonds is 7. The summed E-state index contributed by atoms with van der Waals surface area (Å²) in [6.07, 6.45) is 3.98. The molecule has 2 N–H and O–H groups in total. The monoisotopic (exact) mass is 419 g/mol. The van der Waals surface area contributed by atoms with Crippen LogP contribution in [0.5, 0.6) is 11.5 Å². The van der Waals surface area contributed by atoms with E-state index in [1.54, 1.807) is 14.2 Å². The molecule has 6 nitrogen and oxygen atoms in total. The van der Waals surface area contributed by atoms with E-state index >= 15 is 0 Å². The van der Waals surface area contributed by atoms with Gasteiger partial charge in [-0.3, -0.25) is 4.79 Å². The molecule has 0 spiro atoms. The van der Waals surface area contributed by atoms with E-state index in [4.69, 9.17) is 9.47 Å². The average Bonchev–Trinajstić information content (AvgIpc) is 3.31. The van der Waals surface area contributed by atoms with Crippen LogP contribution in [0.25, 0.3) is 0 Å². The summed E-state index contributed by atoms with van der Waals surface area (Å²) in [5.74, 6) is 2.25. The molecule has 0 radical (unpaired) electrons. The van der Waals surface area contributed by atoms with Gasteiger partial charge in [-0.2, -0.15) is 0 Å². The molecule has 2 saturated heterocycles. The Morgan fingerprint density at radius 2 is 1.89 bits per heavy atom. The van der Waals surface area contributed by atoms with Crippen LogP contribution >= 0.6 is 24.8 Å². The summed E-state index contributed by atoms with van der Waals surface area (Å²) < 4.78 is 10.7. The molecule has 2 atom stereocenters. The number of nitrogens with zero attached hydrogens (tertiary/aromatic N) is 1. The normalized spacial score (nSPS) is 21.2. The Bertz CT molecular complexity index is 575. The number of carbonyl (C=O) groups excluding carboxylic acids is 1. The van der Waals surface area contributed by atoms with Gasteiger partial charge in [-0.1, -0.05) is 0 Å². The van der Waals surface area contributed by atoms with E-state index in [1.165, 1.54) is 6.42 Å².